The van der Waals surface area contributed by atoms with Crippen LogP contribution in [0.25, 0.3) is 0 Å². The molecular formula is C27H48O6Si. The SMILES string of the molecule is CCCCCC(C=CC1C(=O)C(C(O)CCCCCC(=O)OC)C2OC12)O[Si](C)(C)C(C)(C)C. The van der Waals surface area contributed by atoms with Crippen LogP contribution in [0.15, 0.2) is 12.2 Å². The molecule has 2 rings (SSSR count). The molecule has 196 valence electrons. The van der Waals surface area contributed by atoms with Gasteiger partial charge in [0.05, 0.1) is 43.4 Å². The van der Waals surface area contributed by atoms with Crippen molar-refractivity contribution in [2.75, 3.05) is 7.11 Å². The van der Waals surface area contributed by atoms with Gasteiger partial charge in [0.1, 0.15) is 0 Å². The zero-order valence-electron chi connectivity index (χ0n) is 22.5. The van der Waals surface area contributed by atoms with Crippen molar-refractivity contribution >= 4 is 20.1 Å². The zero-order valence-corrected chi connectivity index (χ0v) is 23.5. The van der Waals surface area contributed by atoms with Crippen LogP contribution in [-0.4, -0.2) is 56.7 Å². The van der Waals surface area contributed by atoms with Gasteiger partial charge in [0, 0.05) is 6.42 Å². The summed E-state index contributed by atoms with van der Waals surface area (Å²) in [5, 5.41) is 10.8. The molecule has 1 saturated carbocycles. The van der Waals surface area contributed by atoms with Crippen LogP contribution in [-0.2, 0) is 23.5 Å². The van der Waals surface area contributed by atoms with Gasteiger partial charge in [-0.05, 0) is 37.4 Å². The summed E-state index contributed by atoms with van der Waals surface area (Å²) >= 11 is 0. The van der Waals surface area contributed by atoms with E-state index in [-0.39, 0.29) is 41.0 Å². The van der Waals surface area contributed by atoms with Crippen molar-refractivity contribution < 1.29 is 28.6 Å². The molecule has 34 heavy (non-hydrogen) atoms. The van der Waals surface area contributed by atoms with E-state index in [0.717, 1.165) is 38.5 Å². The van der Waals surface area contributed by atoms with Gasteiger partial charge in [0.15, 0.2) is 14.1 Å². The molecule has 1 saturated heterocycles. The lowest BCUT2D eigenvalue weighted by Crippen LogP contribution is -2.43. The van der Waals surface area contributed by atoms with Gasteiger partial charge in [-0.3, -0.25) is 9.59 Å². The Morgan fingerprint density at radius 1 is 1.12 bits per heavy atom. The Labute approximate surface area is 207 Å². The molecule has 0 aromatic rings. The van der Waals surface area contributed by atoms with Gasteiger partial charge in [-0.1, -0.05) is 72.0 Å². The van der Waals surface area contributed by atoms with Crippen LogP contribution >= 0.6 is 0 Å². The maximum Gasteiger partial charge on any atom is 0.305 e. The van der Waals surface area contributed by atoms with Crippen LogP contribution in [0.3, 0.4) is 0 Å². The van der Waals surface area contributed by atoms with Crippen molar-refractivity contribution in [2.24, 2.45) is 11.8 Å². The van der Waals surface area contributed by atoms with Crippen molar-refractivity contribution in [2.45, 2.75) is 128 Å². The molecule has 6 nitrogen and oxygen atoms in total. The highest BCUT2D eigenvalue weighted by molar-refractivity contribution is 6.74. The highest BCUT2D eigenvalue weighted by atomic mass is 28.4. The molecule has 1 aliphatic heterocycles. The fourth-order valence-electron chi connectivity index (χ4n) is 4.54. The number of aliphatic hydroxyl groups excluding tert-OH is 1. The van der Waals surface area contributed by atoms with Crippen LogP contribution in [0.2, 0.25) is 18.1 Å². The summed E-state index contributed by atoms with van der Waals surface area (Å²) < 4.78 is 17.1. The average molecular weight is 497 g/mol. The molecule has 0 amide bonds. The van der Waals surface area contributed by atoms with Crippen molar-refractivity contribution in [3.63, 3.8) is 0 Å². The molecule has 0 aromatic carbocycles. The van der Waals surface area contributed by atoms with Crippen LogP contribution in [0, 0.1) is 11.8 Å². The molecule has 0 bridgehead atoms. The summed E-state index contributed by atoms with van der Waals surface area (Å²) in [6.07, 6.45) is 10.8. The number of carbonyl (C=O) groups excluding carboxylic acids is 2. The number of rotatable bonds is 15. The third-order valence-electron chi connectivity index (χ3n) is 7.83. The van der Waals surface area contributed by atoms with Gasteiger partial charge in [0.2, 0.25) is 0 Å². The molecule has 0 aromatic heterocycles. The number of esters is 1. The first kappa shape index (κ1) is 29.2. The molecule has 1 heterocycles. The Morgan fingerprint density at radius 2 is 1.79 bits per heavy atom. The molecule has 1 N–H and O–H groups in total. The normalized spacial score (nSPS) is 26.5. The van der Waals surface area contributed by atoms with Crippen LogP contribution in [0.5, 0.6) is 0 Å². The quantitative estimate of drug-likeness (QED) is 0.105. The van der Waals surface area contributed by atoms with E-state index in [1.165, 1.54) is 13.5 Å². The summed E-state index contributed by atoms with van der Waals surface area (Å²) in [6.45, 7) is 13.5. The number of Topliss-reactive ketones (excluding diaryl/α,β-unsaturated/α-hetero) is 1. The van der Waals surface area contributed by atoms with Crippen LogP contribution in [0.1, 0.15) is 85.5 Å². The summed E-state index contributed by atoms with van der Waals surface area (Å²) in [7, 11) is -0.537. The van der Waals surface area contributed by atoms with Gasteiger partial charge in [-0.15, -0.1) is 0 Å². The summed E-state index contributed by atoms with van der Waals surface area (Å²) in [6, 6.07) is 0. The minimum absolute atomic E-state index is 0.0104. The standard InChI is InChI=1S/C27H48O6Si/c1-8-9-11-14-19(33-34(6,7)27(2,3)4)17-18-20-24(30)23(26-25(20)32-26)21(28)15-12-10-13-16-22(29)31-5/h17-21,23,25-26,28H,8-16H2,1-7H3. The summed E-state index contributed by atoms with van der Waals surface area (Å²) in [5.74, 6) is -0.846. The first-order valence-corrected chi connectivity index (χ1v) is 16.1. The number of methoxy groups -OCH3 is 1. The summed E-state index contributed by atoms with van der Waals surface area (Å²) in [4.78, 5) is 24.3. The smallest absolute Gasteiger partial charge is 0.305 e. The van der Waals surface area contributed by atoms with E-state index in [2.05, 4.69) is 51.6 Å². The number of hydrogen-bond donors (Lipinski definition) is 1. The number of ether oxygens (including phenoxy) is 2. The molecule has 2 fully saturated rings. The van der Waals surface area contributed by atoms with Crippen molar-refractivity contribution in [1.82, 2.24) is 0 Å². The van der Waals surface area contributed by atoms with Crippen LogP contribution in [0.4, 0.5) is 0 Å². The second-order valence-electron chi connectivity index (χ2n) is 11.6. The first-order valence-electron chi connectivity index (χ1n) is 13.2. The second kappa shape index (κ2) is 12.8. The Kier molecular flexibility index (Phi) is 11.0. The molecule has 0 spiro atoms. The number of fused-ring (bicyclic) bond motifs is 1. The maximum absolute atomic E-state index is 13.1. The Bertz CT molecular complexity index is 698. The van der Waals surface area contributed by atoms with Gasteiger partial charge in [0.25, 0.3) is 0 Å². The molecule has 1 aliphatic carbocycles. The van der Waals surface area contributed by atoms with Gasteiger partial charge in [-0.2, -0.15) is 0 Å². The lowest BCUT2D eigenvalue weighted by atomic mass is 9.92. The first-order chi connectivity index (χ1) is 15.9. The van der Waals surface area contributed by atoms with E-state index in [9.17, 15) is 14.7 Å². The third kappa shape index (κ3) is 8.00. The average Bonchev–Trinajstić information content (AvgIpc) is 3.46. The minimum atomic E-state index is -1.93. The van der Waals surface area contributed by atoms with Crippen LogP contribution < -0.4 is 0 Å². The fourth-order valence-corrected chi connectivity index (χ4v) is 5.85. The number of hydrogen-bond acceptors (Lipinski definition) is 6. The highest BCUT2D eigenvalue weighted by Gasteiger charge is 2.62. The lowest BCUT2D eigenvalue weighted by molar-refractivity contribution is -0.140. The van der Waals surface area contributed by atoms with E-state index in [4.69, 9.17) is 9.16 Å². The molecule has 0 radical (unpaired) electrons. The van der Waals surface area contributed by atoms with E-state index in [1.807, 2.05) is 6.08 Å². The predicted molar refractivity (Wildman–Crippen MR) is 137 cm³/mol. The van der Waals surface area contributed by atoms with Gasteiger partial charge in [-0.25, -0.2) is 0 Å². The number of unbranched alkanes of at least 4 members (excludes halogenated alkanes) is 4. The van der Waals surface area contributed by atoms with E-state index < -0.39 is 20.3 Å². The third-order valence-corrected chi connectivity index (χ3v) is 12.3. The van der Waals surface area contributed by atoms with Gasteiger partial charge < -0.3 is 19.0 Å². The predicted octanol–water partition coefficient (Wildman–Crippen LogP) is 5.58. The maximum atomic E-state index is 13.1. The van der Waals surface area contributed by atoms with E-state index in [0.29, 0.717) is 12.8 Å². The lowest BCUT2D eigenvalue weighted by Gasteiger charge is -2.38. The van der Waals surface area contributed by atoms with E-state index in [1.54, 1.807) is 0 Å². The molecule has 6 unspecified atom stereocenters. The number of aliphatic hydroxyl groups is 1. The summed E-state index contributed by atoms with van der Waals surface area (Å²) in [5.41, 5.74) is 0. The molecule has 7 heteroatoms. The Balaban J connectivity index is 1.93. The molecule has 6 atom stereocenters. The topological polar surface area (TPSA) is 85.4 Å². The zero-order chi connectivity index (χ0) is 25.5. The molecule has 2 aliphatic rings. The van der Waals surface area contributed by atoms with Gasteiger partial charge >= 0.3 is 5.97 Å². The Hall–Kier alpha value is -1.02. The monoisotopic (exact) mass is 496 g/mol. The van der Waals surface area contributed by atoms with Crippen molar-refractivity contribution in [3.8, 4) is 0 Å². The Morgan fingerprint density at radius 3 is 2.41 bits per heavy atom. The fraction of sp³-hybridized carbons (Fsp3) is 0.852. The van der Waals surface area contributed by atoms with E-state index >= 15 is 0 Å². The number of carbonyl (C=O) groups is 2. The largest absolute Gasteiger partial charge is 0.469 e. The number of ketones is 1. The molecular weight excluding hydrogens is 448 g/mol. The second-order valence-corrected chi connectivity index (χ2v) is 16.3. The van der Waals surface area contributed by atoms with Crippen molar-refractivity contribution in [3.05, 3.63) is 12.2 Å². The van der Waals surface area contributed by atoms with Crippen molar-refractivity contribution in [1.29, 1.82) is 0 Å². The number of epoxide rings is 1. The minimum Gasteiger partial charge on any atom is -0.469 e. The highest BCUT2D eigenvalue weighted by Crippen LogP contribution is 2.47.